The lowest BCUT2D eigenvalue weighted by molar-refractivity contribution is 0.0727. The Morgan fingerprint density at radius 1 is 1.10 bits per heavy atom. The molecule has 4 nitrogen and oxygen atoms in total. The van der Waals surface area contributed by atoms with Gasteiger partial charge in [-0.25, -0.2) is 0 Å². The molecule has 2 heterocycles. The molecule has 1 aromatic carbocycles. The van der Waals surface area contributed by atoms with Gasteiger partial charge in [0.05, 0.1) is 5.69 Å². The van der Waals surface area contributed by atoms with Crippen LogP contribution in [0.1, 0.15) is 47.1 Å². The highest BCUT2D eigenvalue weighted by Crippen LogP contribution is 2.20. The Hall–Kier alpha value is -2.23. The second kappa shape index (κ2) is 5.64. The molecule has 2 aromatic rings. The van der Waals surface area contributed by atoms with Crippen molar-refractivity contribution in [2.45, 2.75) is 32.7 Å². The van der Waals surface area contributed by atoms with Gasteiger partial charge in [0.15, 0.2) is 5.69 Å². The second-order valence-corrected chi connectivity index (χ2v) is 5.74. The van der Waals surface area contributed by atoms with Crippen LogP contribution in [0.2, 0.25) is 0 Å². The van der Waals surface area contributed by atoms with Gasteiger partial charge in [0.2, 0.25) is 0 Å². The molecule has 0 radical (unpaired) electrons. The molecule has 1 aromatic heterocycles. The summed E-state index contributed by atoms with van der Waals surface area (Å²) in [5.74, 6) is 0.288. The number of carbonyl (C=O) groups excluding carboxylic acids is 1. The molecule has 0 saturated carbocycles. The fourth-order valence-electron chi connectivity index (χ4n) is 2.60. The molecule has 3 rings (SSSR count). The van der Waals surface area contributed by atoms with Crippen LogP contribution in [-0.2, 0) is 13.0 Å². The first-order valence-electron chi connectivity index (χ1n) is 7.35. The van der Waals surface area contributed by atoms with Gasteiger partial charge in [-0.15, -0.1) is 5.10 Å². The fourth-order valence-corrected chi connectivity index (χ4v) is 2.60. The van der Waals surface area contributed by atoms with Crippen molar-refractivity contribution in [2.24, 2.45) is 0 Å². The van der Waals surface area contributed by atoms with Crippen molar-refractivity contribution in [1.82, 2.24) is 15.1 Å². The van der Waals surface area contributed by atoms with Crippen LogP contribution >= 0.6 is 0 Å². The summed E-state index contributed by atoms with van der Waals surface area (Å²) in [5, 5.41) is 8.23. The lowest BCUT2D eigenvalue weighted by atomic mass is 10.00. The fraction of sp³-hybridized carbons (Fsp3) is 0.353. The molecule has 0 aliphatic carbocycles. The Labute approximate surface area is 124 Å². The Kier molecular flexibility index (Phi) is 3.69. The number of hydrogen-bond acceptors (Lipinski definition) is 3. The van der Waals surface area contributed by atoms with E-state index in [-0.39, 0.29) is 5.91 Å². The molecule has 1 aliphatic rings. The molecule has 108 valence electrons. The third kappa shape index (κ3) is 2.79. The Balaban J connectivity index is 1.77. The standard InChI is InChI=1S/C17H19N3O/c1-12(2)15-7-8-16(19-18-15)17(21)20-10-9-13-5-3-4-6-14(13)11-20/h3-8,12H,9-11H2,1-2H3. The zero-order chi connectivity index (χ0) is 14.8. The summed E-state index contributed by atoms with van der Waals surface area (Å²) in [4.78, 5) is 14.4. The second-order valence-electron chi connectivity index (χ2n) is 5.74. The quantitative estimate of drug-likeness (QED) is 0.850. The van der Waals surface area contributed by atoms with Crippen LogP contribution in [-0.4, -0.2) is 27.5 Å². The van der Waals surface area contributed by atoms with Gasteiger partial charge in [0, 0.05) is 13.1 Å². The van der Waals surface area contributed by atoms with Crippen LogP contribution < -0.4 is 0 Å². The first kappa shape index (κ1) is 13.7. The number of amides is 1. The lowest BCUT2D eigenvalue weighted by Gasteiger charge is -2.28. The molecule has 0 unspecified atom stereocenters. The molecule has 1 amide bonds. The zero-order valence-corrected chi connectivity index (χ0v) is 12.4. The van der Waals surface area contributed by atoms with Crippen LogP contribution in [0, 0.1) is 0 Å². The highest BCUT2D eigenvalue weighted by Gasteiger charge is 2.22. The maximum atomic E-state index is 12.5. The number of fused-ring (bicyclic) bond motifs is 1. The Bertz CT molecular complexity index is 649. The monoisotopic (exact) mass is 281 g/mol. The zero-order valence-electron chi connectivity index (χ0n) is 12.4. The van der Waals surface area contributed by atoms with Gasteiger partial charge in [-0.3, -0.25) is 4.79 Å². The Morgan fingerprint density at radius 2 is 1.86 bits per heavy atom. The summed E-state index contributed by atoms with van der Waals surface area (Å²) < 4.78 is 0. The van der Waals surface area contributed by atoms with Crippen LogP contribution in [0.4, 0.5) is 0 Å². The van der Waals surface area contributed by atoms with E-state index in [1.165, 1.54) is 11.1 Å². The van der Waals surface area contributed by atoms with E-state index < -0.39 is 0 Å². The average molecular weight is 281 g/mol. The smallest absolute Gasteiger partial charge is 0.274 e. The summed E-state index contributed by atoms with van der Waals surface area (Å²) in [6.45, 7) is 5.52. The van der Waals surface area contributed by atoms with Gasteiger partial charge in [0.25, 0.3) is 5.91 Å². The van der Waals surface area contributed by atoms with Crippen molar-refractivity contribution in [3.05, 3.63) is 58.9 Å². The van der Waals surface area contributed by atoms with E-state index in [4.69, 9.17) is 0 Å². The summed E-state index contributed by atoms with van der Waals surface area (Å²) in [6, 6.07) is 12.0. The number of carbonyl (C=O) groups is 1. The van der Waals surface area contributed by atoms with Crippen molar-refractivity contribution in [2.75, 3.05) is 6.54 Å². The number of nitrogens with zero attached hydrogens (tertiary/aromatic N) is 3. The van der Waals surface area contributed by atoms with E-state index in [1.54, 1.807) is 6.07 Å². The summed E-state index contributed by atoms with van der Waals surface area (Å²) in [6.07, 6.45) is 0.902. The summed E-state index contributed by atoms with van der Waals surface area (Å²) in [7, 11) is 0. The predicted octanol–water partition coefficient (Wildman–Crippen LogP) is 2.80. The van der Waals surface area contributed by atoms with Gasteiger partial charge in [-0.2, -0.15) is 5.10 Å². The first-order valence-corrected chi connectivity index (χ1v) is 7.35. The van der Waals surface area contributed by atoms with E-state index in [2.05, 4.69) is 36.2 Å². The normalized spacial score (nSPS) is 14.1. The van der Waals surface area contributed by atoms with E-state index in [0.29, 0.717) is 18.2 Å². The van der Waals surface area contributed by atoms with Crippen LogP contribution in [0.3, 0.4) is 0 Å². The molecule has 0 spiro atoms. The number of aromatic nitrogens is 2. The maximum Gasteiger partial charge on any atom is 0.274 e. The average Bonchev–Trinajstić information content (AvgIpc) is 2.54. The van der Waals surface area contributed by atoms with Crippen LogP contribution in [0.25, 0.3) is 0 Å². The summed E-state index contributed by atoms with van der Waals surface area (Å²) in [5.41, 5.74) is 3.90. The van der Waals surface area contributed by atoms with Crippen molar-refractivity contribution in [3.8, 4) is 0 Å². The van der Waals surface area contributed by atoms with E-state index in [1.807, 2.05) is 23.1 Å². The predicted molar refractivity (Wildman–Crippen MR) is 81.0 cm³/mol. The van der Waals surface area contributed by atoms with Crippen LogP contribution in [0.5, 0.6) is 0 Å². The van der Waals surface area contributed by atoms with Gasteiger partial charge in [-0.05, 0) is 35.6 Å². The summed E-state index contributed by atoms with van der Waals surface area (Å²) >= 11 is 0. The van der Waals surface area contributed by atoms with Gasteiger partial charge >= 0.3 is 0 Å². The van der Waals surface area contributed by atoms with Gasteiger partial charge in [0.1, 0.15) is 0 Å². The molecule has 0 atom stereocenters. The molecular weight excluding hydrogens is 262 g/mol. The largest absolute Gasteiger partial charge is 0.333 e. The third-order valence-electron chi connectivity index (χ3n) is 3.91. The molecular formula is C17H19N3O. The van der Waals surface area contributed by atoms with Crippen LogP contribution in [0.15, 0.2) is 36.4 Å². The molecule has 1 aliphatic heterocycles. The molecule has 0 fully saturated rings. The van der Waals surface area contributed by atoms with Gasteiger partial charge < -0.3 is 4.90 Å². The van der Waals surface area contributed by atoms with Gasteiger partial charge in [-0.1, -0.05) is 38.1 Å². The maximum absolute atomic E-state index is 12.5. The highest BCUT2D eigenvalue weighted by molar-refractivity contribution is 5.92. The van der Waals surface area contributed by atoms with E-state index >= 15 is 0 Å². The molecule has 0 saturated heterocycles. The van der Waals surface area contributed by atoms with Crippen molar-refractivity contribution in [1.29, 1.82) is 0 Å². The Morgan fingerprint density at radius 3 is 2.52 bits per heavy atom. The number of benzene rings is 1. The lowest BCUT2D eigenvalue weighted by Crippen LogP contribution is -2.36. The minimum absolute atomic E-state index is 0.0349. The highest BCUT2D eigenvalue weighted by atomic mass is 16.2. The van der Waals surface area contributed by atoms with Crippen molar-refractivity contribution >= 4 is 5.91 Å². The number of hydrogen-bond donors (Lipinski definition) is 0. The topological polar surface area (TPSA) is 46.1 Å². The minimum atomic E-state index is -0.0349. The molecule has 0 bridgehead atoms. The first-order chi connectivity index (χ1) is 10.1. The molecule has 21 heavy (non-hydrogen) atoms. The molecule has 0 N–H and O–H groups in total. The van der Waals surface area contributed by atoms with E-state index in [0.717, 1.165) is 18.7 Å². The SMILES string of the molecule is CC(C)c1ccc(C(=O)N2CCc3ccccc3C2)nn1. The van der Waals surface area contributed by atoms with Crippen molar-refractivity contribution in [3.63, 3.8) is 0 Å². The van der Waals surface area contributed by atoms with E-state index in [9.17, 15) is 4.79 Å². The number of rotatable bonds is 2. The van der Waals surface area contributed by atoms with Crippen molar-refractivity contribution < 1.29 is 4.79 Å². The minimum Gasteiger partial charge on any atom is -0.333 e. The molecule has 4 heteroatoms. The third-order valence-corrected chi connectivity index (χ3v) is 3.91.